The second kappa shape index (κ2) is 7.20. The van der Waals surface area contributed by atoms with E-state index in [2.05, 4.69) is 10.6 Å². The van der Waals surface area contributed by atoms with E-state index in [1.807, 2.05) is 25.1 Å². The number of anilines is 1. The lowest BCUT2D eigenvalue weighted by molar-refractivity contribution is 0.102. The van der Waals surface area contributed by atoms with Gasteiger partial charge in [-0.2, -0.15) is 0 Å². The summed E-state index contributed by atoms with van der Waals surface area (Å²) in [7, 11) is 0. The average Bonchev–Trinajstić information content (AvgIpc) is 2.48. The molecule has 0 aliphatic carbocycles. The molecular formula is C16H16ClFN2O. The standard InChI is InChI=1S/C16H16ClFN2O/c1-2-19-10-11-4-3-5-13(8-11)20-16(21)12-6-7-15(18)14(17)9-12/h3-9,19H,2,10H2,1H3,(H,20,21). The molecule has 0 heterocycles. The van der Waals surface area contributed by atoms with Gasteiger partial charge in [0, 0.05) is 17.8 Å². The lowest BCUT2D eigenvalue weighted by Crippen LogP contribution is -2.14. The fraction of sp³-hybridized carbons (Fsp3) is 0.188. The fourth-order valence-corrected chi connectivity index (χ4v) is 2.05. The molecule has 0 atom stereocenters. The maximum absolute atomic E-state index is 13.1. The Labute approximate surface area is 128 Å². The van der Waals surface area contributed by atoms with Gasteiger partial charge in [0.25, 0.3) is 5.91 Å². The van der Waals surface area contributed by atoms with Crippen molar-refractivity contribution in [2.24, 2.45) is 0 Å². The van der Waals surface area contributed by atoms with Crippen LogP contribution in [0.2, 0.25) is 5.02 Å². The molecule has 1 amide bonds. The van der Waals surface area contributed by atoms with Gasteiger partial charge in [-0.15, -0.1) is 0 Å². The van der Waals surface area contributed by atoms with Gasteiger partial charge in [-0.3, -0.25) is 4.79 Å². The smallest absolute Gasteiger partial charge is 0.255 e. The summed E-state index contributed by atoms with van der Waals surface area (Å²) in [6.07, 6.45) is 0. The van der Waals surface area contributed by atoms with E-state index in [0.717, 1.165) is 18.7 Å². The molecule has 21 heavy (non-hydrogen) atoms. The number of hydrogen-bond donors (Lipinski definition) is 2. The third-order valence-corrected chi connectivity index (χ3v) is 3.24. The van der Waals surface area contributed by atoms with Gasteiger partial charge in [-0.05, 0) is 42.4 Å². The van der Waals surface area contributed by atoms with Crippen LogP contribution in [-0.2, 0) is 6.54 Å². The molecule has 0 fully saturated rings. The number of hydrogen-bond acceptors (Lipinski definition) is 2. The van der Waals surface area contributed by atoms with Gasteiger partial charge in [0.15, 0.2) is 0 Å². The third kappa shape index (κ3) is 4.28. The van der Waals surface area contributed by atoms with Gasteiger partial charge in [0.1, 0.15) is 5.82 Å². The second-order valence-electron chi connectivity index (χ2n) is 4.56. The monoisotopic (exact) mass is 306 g/mol. The summed E-state index contributed by atoms with van der Waals surface area (Å²) >= 11 is 5.68. The number of benzene rings is 2. The summed E-state index contributed by atoms with van der Waals surface area (Å²) in [6.45, 7) is 3.65. The van der Waals surface area contributed by atoms with Crippen LogP contribution in [0, 0.1) is 5.82 Å². The van der Waals surface area contributed by atoms with Gasteiger partial charge in [-0.1, -0.05) is 30.7 Å². The van der Waals surface area contributed by atoms with Gasteiger partial charge < -0.3 is 10.6 Å². The highest BCUT2D eigenvalue weighted by Gasteiger charge is 2.09. The van der Waals surface area contributed by atoms with Crippen molar-refractivity contribution in [3.8, 4) is 0 Å². The van der Waals surface area contributed by atoms with E-state index in [1.165, 1.54) is 18.2 Å². The van der Waals surface area contributed by atoms with E-state index in [9.17, 15) is 9.18 Å². The normalized spacial score (nSPS) is 10.4. The Morgan fingerprint density at radius 1 is 1.24 bits per heavy atom. The first-order chi connectivity index (χ1) is 10.1. The van der Waals surface area contributed by atoms with Gasteiger partial charge in [0.05, 0.1) is 5.02 Å². The van der Waals surface area contributed by atoms with Crippen molar-refractivity contribution in [3.05, 3.63) is 64.4 Å². The van der Waals surface area contributed by atoms with E-state index in [1.54, 1.807) is 6.07 Å². The van der Waals surface area contributed by atoms with Crippen LogP contribution in [0.4, 0.5) is 10.1 Å². The Morgan fingerprint density at radius 2 is 2.05 bits per heavy atom. The van der Waals surface area contributed by atoms with Crippen molar-refractivity contribution in [1.29, 1.82) is 0 Å². The number of carbonyl (C=O) groups is 1. The molecule has 0 aromatic heterocycles. The van der Waals surface area contributed by atoms with Crippen LogP contribution in [0.25, 0.3) is 0 Å². The van der Waals surface area contributed by atoms with Crippen LogP contribution in [-0.4, -0.2) is 12.5 Å². The predicted molar refractivity (Wildman–Crippen MR) is 83.2 cm³/mol. The van der Waals surface area contributed by atoms with Crippen molar-refractivity contribution >= 4 is 23.2 Å². The molecule has 2 aromatic carbocycles. The summed E-state index contributed by atoms with van der Waals surface area (Å²) < 4.78 is 13.1. The van der Waals surface area contributed by atoms with E-state index in [-0.39, 0.29) is 10.9 Å². The number of carbonyl (C=O) groups excluding carboxylic acids is 1. The van der Waals surface area contributed by atoms with E-state index >= 15 is 0 Å². The molecule has 0 saturated carbocycles. The van der Waals surface area contributed by atoms with Crippen molar-refractivity contribution in [3.63, 3.8) is 0 Å². The molecule has 0 bridgehead atoms. The molecule has 2 rings (SSSR count). The minimum absolute atomic E-state index is 0.0662. The number of nitrogens with one attached hydrogen (secondary N) is 2. The molecule has 5 heteroatoms. The highest BCUT2D eigenvalue weighted by atomic mass is 35.5. The number of rotatable bonds is 5. The average molecular weight is 307 g/mol. The molecule has 0 spiro atoms. The molecule has 0 aliphatic rings. The van der Waals surface area contributed by atoms with Crippen molar-refractivity contribution in [2.75, 3.05) is 11.9 Å². The minimum atomic E-state index is -0.541. The van der Waals surface area contributed by atoms with Crippen LogP contribution < -0.4 is 10.6 Å². The summed E-state index contributed by atoms with van der Waals surface area (Å²) in [4.78, 5) is 12.1. The highest BCUT2D eigenvalue weighted by Crippen LogP contribution is 2.18. The first-order valence-corrected chi connectivity index (χ1v) is 7.04. The van der Waals surface area contributed by atoms with Crippen LogP contribution in [0.5, 0.6) is 0 Å². The molecule has 2 aromatic rings. The number of halogens is 2. The van der Waals surface area contributed by atoms with Crippen LogP contribution in [0.1, 0.15) is 22.8 Å². The largest absolute Gasteiger partial charge is 0.322 e. The zero-order chi connectivity index (χ0) is 15.2. The molecule has 3 nitrogen and oxygen atoms in total. The predicted octanol–water partition coefficient (Wildman–Crippen LogP) is 3.84. The SMILES string of the molecule is CCNCc1cccc(NC(=O)c2ccc(F)c(Cl)c2)c1. The Kier molecular flexibility index (Phi) is 5.31. The summed E-state index contributed by atoms with van der Waals surface area (Å²) in [5.74, 6) is -0.863. The van der Waals surface area contributed by atoms with Crippen LogP contribution in [0.15, 0.2) is 42.5 Å². The van der Waals surface area contributed by atoms with Gasteiger partial charge >= 0.3 is 0 Å². The molecule has 0 unspecified atom stereocenters. The summed E-state index contributed by atoms with van der Waals surface area (Å²) in [5, 5.41) is 5.93. The topological polar surface area (TPSA) is 41.1 Å². The number of amides is 1. The summed E-state index contributed by atoms with van der Waals surface area (Å²) in [5.41, 5.74) is 2.08. The first-order valence-electron chi connectivity index (χ1n) is 6.66. The van der Waals surface area contributed by atoms with Gasteiger partial charge in [-0.25, -0.2) is 4.39 Å². The molecule has 110 valence electrons. The van der Waals surface area contributed by atoms with E-state index in [0.29, 0.717) is 11.3 Å². The lowest BCUT2D eigenvalue weighted by atomic mass is 10.1. The van der Waals surface area contributed by atoms with Crippen molar-refractivity contribution < 1.29 is 9.18 Å². The molecule has 0 radical (unpaired) electrons. The second-order valence-corrected chi connectivity index (χ2v) is 4.97. The third-order valence-electron chi connectivity index (χ3n) is 2.95. The van der Waals surface area contributed by atoms with Crippen molar-refractivity contribution in [1.82, 2.24) is 5.32 Å². The zero-order valence-corrected chi connectivity index (χ0v) is 12.4. The Hall–Kier alpha value is -1.91. The maximum Gasteiger partial charge on any atom is 0.255 e. The quantitative estimate of drug-likeness (QED) is 0.881. The Bertz CT molecular complexity index is 646. The molecule has 0 saturated heterocycles. The zero-order valence-electron chi connectivity index (χ0n) is 11.6. The molecule has 2 N–H and O–H groups in total. The maximum atomic E-state index is 13.1. The fourth-order valence-electron chi connectivity index (χ4n) is 1.87. The lowest BCUT2D eigenvalue weighted by Gasteiger charge is -2.08. The van der Waals surface area contributed by atoms with Crippen molar-refractivity contribution in [2.45, 2.75) is 13.5 Å². The minimum Gasteiger partial charge on any atom is -0.322 e. The highest BCUT2D eigenvalue weighted by molar-refractivity contribution is 6.31. The Morgan fingerprint density at radius 3 is 2.76 bits per heavy atom. The molecule has 0 aliphatic heterocycles. The first kappa shape index (κ1) is 15.5. The van der Waals surface area contributed by atoms with E-state index in [4.69, 9.17) is 11.6 Å². The van der Waals surface area contributed by atoms with Gasteiger partial charge in [0.2, 0.25) is 0 Å². The van der Waals surface area contributed by atoms with E-state index < -0.39 is 5.82 Å². The van der Waals surface area contributed by atoms with Crippen LogP contribution >= 0.6 is 11.6 Å². The summed E-state index contributed by atoms with van der Waals surface area (Å²) in [6, 6.07) is 11.4. The Balaban J connectivity index is 2.10. The molecular weight excluding hydrogens is 291 g/mol. The van der Waals surface area contributed by atoms with Crippen LogP contribution in [0.3, 0.4) is 0 Å².